The molecule has 0 spiro atoms. The summed E-state index contributed by atoms with van der Waals surface area (Å²) in [6.45, 7) is 1.48. The van der Waals surface area contributed by atoms with Crippen molar-refractivity contribution in [2.75, 3.05) is 5.32 Å². The zero-order valence-corrected chi connectivity index (χ0v) is 14.4. The van der Waals surface area contributed by atoms with Crippen LogP contribution in [0, 0.1) is 0 Å². The minimum Gasteiger partial charge on any atom is -0.449 e. The number of carbonyl (C=O) groups excluding carboxylic acids is 2. The molecule has 1 amide bonds. The molecule has 0 aliphatic heterocycles. The first-order valence-electron chi connectivity index (χ1n) is 7.61. The molecule has 0 radical (unpaired) electrons. The SMILES string of the molecule is C[C@H](OC(=O)c1ccc(-n2cncn2)cc1)C(=O)Nc1ccc(Cl)cn1. The average molecular weight is 372 g/mol. The number of rotatable bonds is 5. The van der Waals surface area contributed by atoms with Crippen LogP contribution in [0.15, 0.2) is 55.2 Å². The van der Waals surface area contributed by atoms with Crippen LogP contribution in [-0.2, 0) is 9.53 Å². The lowest BCUT2D eigenvalue weighted by Gasteiger charge is -2.13. The maximum atomic E-state index is 12.2. The van der Waals surface area contributed by atoms with E-state index in [0.717, 1.165) is 5.69 Å². The highest BCUT2D eigenvalue weighted by Crippen LogP contribution is 2.12. The molecule has 26 heavy (non-hydrogen) atoms. The Morgan fingerprint density at radius 1 is 1.19 bits per heavy atom. The van der Waals surface area contributed by atoms with Crippen LogP contribution in [0.5, 0.6) is 0 Å². The van der Waals surface area contributed by atoms with E-state index in [0.29, 0.717) is 16.4 Å². The van der Waals surface area contributed by atoms with Gasteiger partial charge in [0.15, 0.2) is 6.10 Å². The molecule has 0 unspecified atom stereocenters. The van der Waals surface area contributed by atoms with Crippen molar-refractivity contribution in [2.24, 2.45) is 0 Å². The molecule has 0 bridgehead atoms. The van der Waals surface area contributed by atoms with Crippen molar-refractivity contribution in [3.8, 4) is 5.69 Å². The molecular weight excluding hydrogens is 358 g/mol. The molecule has 1 aromatic carbocycles. The molecular formula is C17H14ClN5O3. The maximum absolute atomic E-state index is 12.2. The second-order valence-electron chi connectivity index (χ2n) is 5.29. The third kappa shape index (κ3) is 4.22. The quantitative estimate of drug-likeness (QED) is 0.692. The van der Waals surface area contributed by atoms with Crippen LogP contribution in [0.3, 0.4) is 0 Å². The zero-order valence-electron chi connectivity index (χ0n) is 13.7. The minimum atomic E-state index is -0.991. The molecule has 0 fully saturated rings. The van der Waals surface area contributed by atoms with E-state index in [9.17, 15) is 9.59 Å². The molecule has 0 saturated heterocycles. The van der Waals surface area contributed by atoms with Crippen molar-refractivity contribution in [2.45, 2.75) is 13.0 Å². The number of amides is 1. The van der Waals surface area contributed by atoms with Gasteiger partial charge in [-0.25, -0.2) is 19.4 Å². The Kier molecular flexibility index (Phi) is 5.23. The van der Waals surface area contributed by atoms with Gasteiger partial charge in [-0.15, -0.1) is 0 Å². The van der Waals surface area contributed by atoms with Crippen LogP contribution in [0.2, 0.25) is 5.02 Å². The molecule has 1 N–H and O–H groups in total. The first kappa shape index (κ1) is 17.6. The van der Waals surface area contributed by atoms with Crippen LogP contribution in [0.25, 0.3) is 5.69 Å². The summed E-state index contributed by atoms with van der Waals surface area (Å²) in [6, 6.07) is 9.73. The standard InChI is InChI=1S/C17H14ClN5O3/c1-11(16(24)22-15-7-4-13(18)8-20-15)26-17(25)12-2-5-14(6-3-12)23-10-19-9-21-23/h2-11H,1H3,(H,20,22,24)/t11-/m0/s1. The summed E-state index contributed by atoms with van der Waals surface area (Å²) < 4.78 is 6.74. The fourth-order valence-corrected chi connectivity index (χ4v) is 2.16. The Hall–Kier alpha value is -3.26. The number of carbonyl (C=O) groups is 2. The van der Waals surface area contributed by atoms with Gasteiger partial charge in [0.1, 0.15) is 18.5 Å². The maximum Gasteiger partial charge on any atom is 0.338 e. The number of hydrogen-bond acceptors (Lipinski definition) is 6. The van der Waals surface area contributed by atoms with Crippen molar-refractivity contribution in [1.82, 2.24) is 19.7 Å². The monoisotopic (exact) mass is 371 g/mol. The number of halogens is 1. The summed E-state index contributed by atoms with van der Waals surface area (Å²) >= 11 is 5.74. The summed E-state index contributed by atoms with van der Waals surface area (Å²) in [6.07, 6.45) is 3.38. The second kappa shape index (κ2) is 7.75. The number of nitrogens with one attached hydrogen (secondary N) is 1. The molecule has 2 heterocycles. The fraction of sp³-hybridized carbons (Fsp3) is 0.118. The molecule has 3 aromatic rings. The van der Waals surface area contributed by atoms with Crippen molar-refractivity contribution >= 4 is 29.3 Å². The van der Waals surface area contributed by atoms with Gasteiger partial charge in [-0.2, -0.15) is 5.10 Å². The molecule has 2 aromatic heterocycles. The molecule has 9 heteroatoms. The zero-order chi connectivity index (χ0) is 18.5. The first-order chi connectivity index (χ1) is 12.5. The second-order valence-corrected chi connectivity index (χ2v) is 5.72. The Balaban J connectivity index is 1.59. The topological polar surface area (TPSA) is 99.0 Å². The third-order valence-electron chi connectivity index (χ3n) is 3.42. The molecule has 132 valence electrons. The molecule has 8 nitrogen and oxygen atoms in total. The van der Waals surface area contributed by atoms with Gasteiger partial charge in [0, 0.05) is 6.20 Å². The Bertz CT molecular complexity index is 895. The van der Waals surface area contributed by atoms with Crippen LogP contribution >= 0.6 is 11.6 Å². The van der Waals surface area contributed by atoms with Crippen LogP contribution in [0.4, 0.5) is 5.82 Å². The van der Waals surface area contributed by atoms with Gasteiger partial charge in [0.2, 0.25) is 0 Å². The Labute approximate surface area is 153 Å². The minimum absolute atomic E-state index is 0.318. The predicted octanol–water partition coefficient (Wildman–Crippen LogP) is 2.50. The summed E-state index contributed by atoms with van der Waals surface area (Å²) in [5.41, 5.74) is 1.07. The lowest BCUT2D eigenvalue weighted by atomic mass is 10.2. The van der Waals surface area contributed by atoms with E-state index in [1.807, 2.05) is 0 Å². The van der Waals surface area contributed by atoms with Crippen LogP contribution < -0.4 is 5.32 Å². The van der Waals surface area contributed by atoms with Crippen LogP contribution in [-0.4, -0.2) is 37.7 Å². The summed E-state index contributed by atoms with van der Waals surface area (Å²) in [5, 5.41) is 7.00. The van der Waals surface area contributed by atoms with Gasteiger partial charge in [0.05, 0.1) is 16.3 Å². The van der Waals surface area contributed by atoms with Gasteiger partial charge in [-0.1, -0.05) is 11.6 Å². The molecule has 0 aliphatic rings. The lowest BCUT2D eigenvalue weighted by molar-refractivity contribution is -0.123. The number of pyridine rings is 1. The fourth-order valence-electron chi connectivity index (χ4n) is 2.05. The average Bonchev–Trinajstić information content (AvgIpc) is 3.18. The number of esters is 1. The number of anilines is 1. The van der Waals surface area contributed by atoms with Crippen LogP contribution in [0.1, 0.15) is 17.3 Å². The molecule has 3 rings (SSSR count). The van der Waals surface area contributed by atoms with E-state index in [1.54, 1.807) is 47.4 Å². The van der Waals surface area contributed by atoms with Crippen molar-refractivity contribution < 1.29 is 14.3 Å². The van der Waals surface area contributed by atoms with E-state index < -0.39 is 18.0 Å². The number of hydrogen-bond donors (Lipinski definition) is 1. The van der Waals surface area contributed by atoms with Gasteiger partial charge in [-0.05, 0) is 43.3 Å². The number of benzene rings is 1. The Morgan fingerprint density at radius 3 is 2.58 bits per heavy atom. The van der Waals surface area contributed by atoms with Gasteiger partial charge < -0.3 is 10.1 Å². The third-order valence-corrected chi connectivity index (χ3v) is 3.64. The number of ether oxygens (including phenoxy) is 1. The highest BCUT2D eigenvalue weighted by molar-refractivity contribution is 6.30. The molecule has 0 saturated carbocycles. The summed E-state index contributed by atoms with van der Waals surface area (Å²) in [4.78, 5) is 32.1. The van der Waals surface area contributed by atoms with Crippen molar-refractivity contribution in [1.29, 1.82) is 0 Å². The van der Waals surface area contributed by atoms with E-state index in [-0.39, 0.29) is 0 Å². The smallest absolute Gasteiger partial charge is 0.338 e. The van der Waals surface area contributed by atoms with E-state index in [2.05, 4.69) is 20.4 Å². The Morgan fingerprint density at radius 2 is 1.96 bits per heavy atom. The van der Waals surface area contributed by atoms with Crippen molar-refractivity contribution in [3.05, 3.63) is 65.8 Å². The van der Waals surface area contributed by atoms with Gasteiger partial charge in [-0.3, -0.25) is 4.79 Å². The van der Waals surface area contributed by atoms with E-state index >= 15 is 0 Å². The number of nitrogens with zero attached hydrogens (tertiary/aromatic N) is 4. The first-order valence-corrected chi connectivity index (χ1v) is 7.99. The van der Waals surface area contributed by atoms with E-state index in [4.69, 9.17) is 16.3 Å². The predicted molar refractivity (Wildman–Crippen MR) is 94.1 cm³/mol. The molecule has 0 aliphatic carbocycles. The highest BCUT2D eigenvalue weighted by Gasteiger charge is 2.19. The van der Waals surface area contributed by atoms with Crippen molar-refractivity contribution in [3.63, 3.8) is 0 Å². The summed E-state index contributed by atoms with van der Waals surface area (Å²) in [5.74, 6) is -0.784. The largest absolute Gasteiger partial charge is 0.449 e. The van der Waals surface area contributed by atoms with E-state index in [1.165, 1.54) is 19.4 Å². The lowest BCUT2D eigenvalue weighted by Crippen LogP contribution is -2.30. The van der Waals surface area contributed by atoms with Gasteiger partial charge >= 0.3 is 5.97 Å². The molecule has 1 atom stereocenters. The van der Waals surface area contributed by atoms with Gasteiger partial charge in [0.25, 0.3) is 5.91 Å². The highest BCUT2D eigenvalue weighted by atomic mass is 35.5. The normalized spacial score (nSPS) is 11.6. The summed E-state index contributed by atoms with van der Waals surface area (Å²) in [7, 11) is 0. The number of aromatic nitrogens is 4.